The monoisotopic (exact) mass is 1700 g/mol. The number of ketones is 6. The smallest absolute Gasteiger partial charge is 0.423 e. The van der Waals surface area contributed by atoms with Gasteiger partial charge in [0.25, 0.3) is 17.1 Å². The number of hydrogen-bond acceptors (Lipinski definition) is 18. The van der Waals surface area contributed by atoms with Gasteiger partial charge in [-0.15, -0.1) is 0 Å². The maximum Gasteiger partial charge on any atom is 0.488 e. The molecule has 3 heterocycles. The van der Waals surface area contributed by atoms with Gasteiger partial charge >= 0.3 is 7.12 Å². The zero-order valence-corrected chi connectivity index (χ0v) is 61.3. The van der Waals surface area contributed by atoms with Crippen molar-refractivity contribution in [2.75, 3.05) is 17.2 Å². The second kappa shape index (κ2) is 39.5. The molecule has 31 heteroatoms. The predicted molar refractivity (Wildman–Crippen MR) is 382 cm³/mol. The van der Waals surface area contributed by atoms with Crippen molar-refractivity contribution in [1.29, 1.82) is 0 Å². The predicted octanol–water partition coefficient (Wildman–Crippen LogP) is 14.4. The summed E-state index contributed by atoms with van der Waals surface area (Å²) in [7, 11) is -1.34. The molecule has 24 nitrogen and oxygen atoms in total. The van der Waals surface area contributed by atoms with E-state index in [4.69, 9.17) is 27.2 Å². The number of rotatable bonds is 13. The summed E-state index contributed by atoms with van der Waals surface area (Å²) in [5.41, 5.74) is 26.6. The number of nitro benzene ring substituents is 3. The molecule has 0 bridgehead atoms. The molecular formula is C65H63BBr4FeN10O14Pd. The van der Waals surface area contributed by atoms with E-state index in [2.05, 4.69) is 83.7 Å². The summed E-state index contributed by atoms with van der Waals surface area (Å²) in [6.07, 6.45) is 0. The number of nitrogen functional groups attached to an aromatic ring is 3. The Morgan fingerprint density at radius 3 is 1.30 bits per heavy atom. The first kappa shape index (κ1) is 83.6. The van der Waals surface area contributed by atoms with E-state index in [1.165, 1.54) is 52.8 Å². The van der Waals surface area contributed by atoms with Crippen LogP contribution in [0.1, 0.15) is 92.4 Å². The summed E-state index contributed by atoms with van der Waals surface area (Å²) in [4.78, 5) is 109. The maximum absolute atomic E-state index is 11.4. The Balaban J connectivity index is 0.000000387. The number of anilines is 3. The van der Waals surface area contributed by atoms with Crippen LogP contribution >= 0.6 is 63.7 Å². The molecule has 0 spiro atoms. The number of carbonyl (C=O) groups excluding carboxylic acids is 6. The largest absolute Gasteiger partial charge is 0.488 e. The summed E-state index contributed by atoms with van der Waals surface area (Å²) in [6.45, 7) is 12.3. The van der Waals surface area contributed by atoms with Crippen molar-refractivity contribution in [3.63, 3.8) is 0 Å². The average Bonchev–Trinajstić information content (AvgIpc) is 1.66. The Morgan fingerprint density at radius 1 is 0.510 bits per heavy atom. The van der Waals surface area contributed by atoms with E-state index in [1.807, 2.05) is 72.8 Å². The number of nitrogens with zero attached hydrogens (tertiary/aromatic N) is 4. The van der Waals surface area contributed by atoms with Crippen LogP contribution in [0.5, 0.6) is 0 Å². The van der Waals surface area contributed by atoms with Gasteiger partial charge in [0.05, 0.1) is 69.0 Å². The van der Waals surface area contributed by atoms with Crippen LogP contribution in [0.25, 0.3) is 43.8 Å². The fourth-order valence-electron chi connectivity index (χ4n) is 7.78. The van der Waals surface area contributed by atoms with E-state index in [9.17, 15) is 59.1 Å². The first-order valence-corrected chi connectivity index (χ1v) is 30.9. The van der Waals surface area contributed by atoms with Crippen LogP contribution in [0.2, 0.25) is 0 Å². The second-order valence-electron chi connectivity index (χ2n) is 20.4. The minimum absolute atomic E-state index is 0. The van der Waals surface area contributed by atoms with E-state index in [1.54, 1.807) is 81.4 Å². The number of fused-ring (bicyclic) bond motifs is 3. The van der Waals surface area contributed by atoms with Gasteiger partial charge in [-0.3, -0.25) is 64.1 Å². The van der Waals surface area contributed by atoms with Crippen LogP contribution in [0.4, 0.5) is 34.1 Å². The number of aromatic amines is 3. The number of carbonyl (C=O) groups is 6. The van der Waals surface area contributed by atoms with E-state index in [0.29, 0.717) is 69.8 Å². The number of benzene rings is 7. The Bertz CT molecular complexity index is 4440. The number of halogens is 4. The number of aliphatic imine (C=N–C) groups is 1. The van der Waals surface area contributed by atoms with E-state index < -0.39 is 27.8 Å². The van der Waals surface area contributed by atoms with Crippen LogP contribution in [0.15, 0.2) is 175 Å². The Hall–Kier alpha value is -8.46. The molecule has 506 valence electrons. The van der Waals surface area contributed by atoms with Gasteiger partial charge in [-0.2, -0.15) is 0 Å². The molecule has 11 N–H and O–H groups in total. The molecule has 96 heavy (non-hydrogen) atoms. The summed E-state index contributed by atoms with van der Waals surface area (Å²) in [6, 6.07) is 43.9. The van der Waals surface area contributed by atoms with Crippen molar-refractivity contribution in [3.05, 3.63) is 223 Å². The summed E-state index contributed by atoms with van der Waals surface area (Å²) in [5, 5.41) is 51.6. The molecule has 7 aromatic carbocycles. The van der Waals surface area contributed by atoms with Gasteiger partial charge in [-0.05, 0) is 175 Å². The zero-order chi connectivity index (χ0) is 70.4. The molecular weight excluding hydrogens is 1640 g/mol. The maximum atomic E-state index is 11.4. The van der Waals surface area contributed by atoms with E-state index in [0.717, 1.165) is 42.8 Å². The molecule has 0 aliphatic heterocycles. The number of Topliss-reactive ketones (excluding diaryl/α,β-unsaturated/α-hetero) is 6. The van der Waals surface area contributed by atoms with Gasteiger partial charge < -0.3 is 42.2 Å². The minimum Gasteiger partial charge on any atom is -0.423 e. The van der Waals surface area contributed by atoms with Crippen molar-refractivity contribution >= 4 is 184 Å². The van der Waals surface area contributed by atoms with Gasteiger partial charge in [-0.1, -0.05) is 66.7 Å². The fraction of sp³-hybridized carbons (Fsp3) is 0.154. The van der Waals surface area contributed by atoms with Gasteiger partial charge in [-0.25, -0.2) is 0 Å². The standard InChI is InChI=1S/C16H14N2O.C11H11BrN2O3.C10H7BrN2O3.C10H9BrN2O.C6H7BO2.C6H5BrN2O2.C6H10O2.Fe.Pd/c1-10(19)15-8-12-7-13(11-5-3-2-4-6-11)14(17)9-16(12)18-15;1-7(8(2)15)13-6-9-3-4-10(12)11(5-9)14(16)17;1-5(14)8-3-6-2-7(11)10(13(15)16)4-9(6)12-8;1-5(14)9-3-6-2-7(11)8(12)4-10(6)13-9;8-7(9)6-4-2-1-3-5-6;7-5-2-1-4(8)3-6(5)9(10)11;1-4(5(2)7)6(3)8;;/h2-9,18H,17H2,1H3;3-5H,6H2,1-2H3;2-4,12H,1H3;2-4,13H,12H2,1H3;1-5,8-9H;1-3H,8H2;4H,1-3H3;;. The second-order valence-corrected chi connectivity index (χ2v) is 23.8. The first-order chi connectivity index (χ1) is 44.1. The van der Waals surface area contributed by atoms with Crippen LogP contribution < -0.4 is 22.7 Å². The molecule has 10 rings (SSSR count). The number of H-pyrrole nitrogens is 3. The molecule has 0 saturated heterocycles. The Kier molecular flexibility index (Phi) is 34.4. The molecule has 0 atom stereocenters. The minimum atomic E-state index is -1.34. The molecule has 0 radical (unpaired) electrons. The molecule has 0 aliphatic carbocycles. The van der Waals surface area contributed by atoms with Crippen molar-refractivity contribution in [2.45, 2.75) is 61.9 Å². The Morgan fingerprint density at radius 2 is 0.906 bits per heavy atom. The van der Waals surface area contributed by atoms with Gasteiger partial charge in [0.15, 0.2) is 23.1 Å². The molecule has 0 fully saturated rings. The third kappa shape index (κ3) is 25.6. The average molecular weight is 1700 g/mol. The van der Waals surface area contributed by atoms with Gasteiger partial charge in [0.1, 0.15) is 11.6 Å². The molecule has 0 amide bonds. The van der Waals surface area contributed by atoms with Crippen LogP contribution in [0, 0.1) is 36.3 Å². The third-order valence-electron chi connectivity index (χ3n) is 13.3. The molecule has 0 aliphatic rings. The molecule has 3 aromatic heterocycles. The van der Waals surface area contributed by atoms with Crippen LogP contribution in [-0.2, 0) is 58.4 Å². The normalized spacial score (nSPS) is 10.2. The number of nitrogens with one attached hydrogen (secondary N) is 3. The number of nitro groups is 3. The molecule has 10 aromatic rings. The van der Waals surface area contributed by atoms with Gasteiger partial charge in [0.2, 0.25) is 0 Å². The first-order valence-electron chi connectivity index (χ1n) is 27.7. The van der Waals surface area contributed by atoms with Crippen molar-refractivity contribution in [1.82, 2.24) is 15.0 Å². The van der Waals surface area contributed by atoms with E-state index in [-0.39, 0.29) is 95.8 Å². The summed E-state index contributed by atoms with van der Waals surface area (Å²) < 4.78 is 2.12. The third-order valence-corrected chi connectivity index (χ3v) is 16.0. The van der Waals surface area contributed by atoms with Crippen molar-refractivity contribution in [2.24, 2.45) is 10.9 Å². The number of hydrogen-bond donors (Lipinski definition) is 8. The van der Waals surface area contributed by atoms with Crippen molar-refractivity contribution in [3.8, 4) is 11.1 Å². The van der Waals surface area contributed by atoms with Crippen molar-refractivity contribution < 1.29 is 91.1 Å². The van der Waals surface area contributed by atoms with E-state index >= 15 is 0 Å². The zero-order valence-electron chi connectivity index (χ0n) is 52.3. The van der Waals surface area contributed by atoms with Crippen LogP contribution in [0.3, 0.4) is 0 Å². The number of nitrogens with two attached hydrogens (primary N) is 3. The molecule has 0 unspecified atom stereocenters. The van der Waals surface area contributed by atoms with Crippen LogP contribution in [-0.4, -0.2) is 87.3 Å². The molecule has 0 saturated carbocycles. The quantitative estimate of drug-likeness (QED) is 0.0101. The Labute approximate surface area is 608 Å². The van der Waals surface area contributed by atoms with Gasteiger partial charge in [0, 0.05) is 138 Å². The SMILES string of the molecule is CC(=O)C(C)=NCc1ccc(Br)c([N+](=O)[O-])c1.CC(=O)C(C)C(C)=O.CC(=O)c1cc2cc(-c3ccccc3)c(N)cc2[nH]1.CC(=O)c1cc2cc(Br)c(N)cc2[nH]1.CC(=O)c1cc2cc(Br)c([N+](=O)[O-])cc2[nH]1.Nc1ccc(Br)c([N+](=O)[O-])c1.OB(O)c1ccccc1.[Fe].[Pd]. The summed E-state index contributed by atoms with van der Waals surface area (Å²) in [5.74, 6) is -0.677. The fourth-order valence-corrected chi connectivity index (χ4v) is 9.43. The number of aromatic nitrogens is 3. The summed E-state index contributed by atoms with van der Waals surface area (Å²) >= 11 is 12.6. The topological polar surface area (TPSA) is 410 Å².